The molecule has 2 amide bonds. The second-order valence-corrected chi connectivity index (χ2v) is 4.92. The Morgan fingerprint density at radius 3 is 2.63 bits per heavy atom. The molecule has 1 N–H and O–H groups in total. The summed E-state index contributed by atoms with van der Waals surface area (Å²) in [6.45, 7) is 5.14. The van der Waals surface area contributed by atoms with E-state index in [1.807, 2.05) is 38.1 Å². The summed E-state index contributed by atoms with van der Waals surface area (Å²) in [5.41, 5.74) is 1.78. The summed E-state index contributed by atoms with van der Waals surface area (Å²) in [6.07, 6.45) is 1.64. The third-order valence-electron chi connectivity index (χ3n) is 3.47. The van der Waals surface area contributed by atoms with E-state index in [4.69, 9.17) is 0 Å². The molecule has 1 unspecified atom stereocenters. The van der Waals surface area contributed by atoms with Crippen molar-refractivity contribution in [3.8, 4) is 0 Å². The number of likely N-dealkylation sites (N-methyl/N-ethyl adjacent to an activating group) is 1. The van der Waals surface area contributed by atoms with Crippen LogP contribution in [0.3, 0.4) is 0 Å². The molecule has 1 heterocycles. The van der Waals surface area contributed by atoms with Gasteiger partial charge in [-0.25, -0.2) is 0 Å². The Labute approximate surface area is 113 Å². The lowest BCUT2D eigenvalue weighted by Gasteiger charge is -2.23. The fourth-order valence-electron chi connectivity index (χ4n) is 2.44. The van der Waals surface area contributed by atoms with Crippen LogP contribution in [0.15, 0.2) is 24.3 Å². The zero-order chi connectivity index (χ0) is 13.8. The van der Waals surface area contributed by atoms with E-state index >= 15 is 0 Å². The molecule has 1 aromatic rings. The van der Waals surface area contributed by atoms with Crippen LogP contribution in [0.25, 0.3) is 0 Å². The van der Waals surface area contributed by atoms with Gasteiger partial charge in [0, 0.05) is 18.7 Å². The smallest absolute Gasteiger partial charge is 0.254 e. The van der Waals surface area contributed by atoms with E-state index < -0.39 is 0 Å². The molecule has 0 saturated carbocycles. The van der Waals surface area contributed by atoms with Gasteiger partial charge in [0.25, 0.3) is 5.91 Å². The van der Waals surface area contributed by atoms with Crippen molar-refractivity contribution in [2.45, 2.75) is 32.7 Å². The van der Waals surface area contributed by atoms with Crippen LogP contribution in [-0.4, -0.2) is 35.8 Å². The van der Waals surface area contributed by atoms with Gasteiger partial charge in [0.1, 0.15) is 6.04 Å². The molecule has 1 atom stereocenters. The number of likely N-dealkylation sites (tertiary alicyclic amines) is 1. The Balaban J connectivity index is 2.13. The summed E-state index contributed by atoms with van der Waals surface area (Å²) in [5.74, 6) is -0.0887. The molecule has 1 saturated heterocycles. The normalized spacial score (nSPS) is 18.4. The predicted octanol–water partition coefficient (Wildman–Crippen LogP) is 1.74. The van der Waals surface area contributed by atoms with Crippen molar-refractivity contribution < 1.29 is 9.59 Å². The lowest BCUT2D eigenvalue weighted by molar-refractivity contribution is -0.124. The standard InChI is InChI=1S/C15H20N2O2/c1-3-16-14(18)13-5-4-10-17(13)15(19)12-8-6-11(2)7-9-12/h6-9,13H,3-5,10H2,1-2H3,(H,16,18). The number of hydrogen-bond acceptors (Lipinski definition) is 2. The third kappa shape index (κ3) is 2.95. The molecule has 0 aromatic heterocycles. The minimum atomic E-state index is -0.311. The lowest BCUT2D eigenvalue weighted by Crippen LogP contribution is -2.45. The summed E-state index contributed by atoms with van der Waals surface area (Å²) < 4.78 is 0. The number of rotatable bonds is 3. The van der Waals surface area contributed by atoms with Gasteiger partial charge in [0.05, 0.1) is 0 Å². The first-order chi connectivity index (χ1) is 9.13. The van der Waals surface area contributed by atoms with Gasteiger partial charge in [-0.2, -0.15) is 0 Å². The number of benzene rings is 1. The van der Waals surface area contributed by atoms with Crippen molar-refractivity contribution in [1.29, 1.82) is 0 Å². The van der Waals surface area contributed by atoms with E-state index in [2.05, 4.69) is 5.32 Å². The third-order valence-corrected chi connectivity index (χ3v) is 3.47. The highest BCUT2D eigenvalue weighted by Crippen LogP contribution is 2.20. The fourth-order valence-corrected chi connectivity index (χ4v) is 2.44. The van der Waals surface area contributed by atoms with Crippen molar-refractivity contribution in [3.05, 3.63) is 35.4 Å². The maximum Gasteiger partial charge on any atom is 0.254 e. The number of carbonyl (C=O) groups excluding carboxylic acids is 2. The van der Waals surface area contributed by atoms with E-state index in [9.17, 15) is 9.59 Å². The molecule has 0 aliphatic carbocycles. The molecule has 4 heteroatoms. The first-order valence-corrected chi connectivity index (χ1v) is 6.79. The van der Waals surface area contributed by atoms with E-state index in [1.165, 1.54) is 0 Å². The predicted molar refractivity (Wildman–Crippen MR) is 73.9 cm³/mol. The van der Waals surface area contributed by atoms with Gasteiger partial charge in [0.15, 0.2) is 0 Å². The summed E-state index contributed by atoms with van der Waals surface area (Å²) in [4.78, 5) is 26.1. The van der Waals surface area contributed by atoms with Crippen LogP contribution in [0, 0.1) is 6.92 Å². The molecular formula is C15H20N2O2. The van der Waals surface area contributed by atoms with Gasteiger partial charge >= 0.3 is 0 Å². The van der Waals surface area contributed by atoms with Crippen molar-refractivity contribution in [3.63, 3.8) is 0 Å². The van der Waals surface area contributed by atoms with Gasteiger partial charge in [-0.05, 0) is 38.8 Å². The largest absolute Gasteiger partial charge is 0.355 e. The van der Waals surface area contributed by atoms with Gasteiger partial charge < -0.3 is 10.2 Å². The molecule has 0 bridgehead atoms. The lowest BCUT2D eigenvalue weighted by atomic mass is 10.1. The van der Waals surface area contributed by atoms with Crippen LogP contribution in [0.4, 0.5) is 0 Å². The fraction of sp³-hybridized carbons (Fsp3) is 0.467. The van der Waals surface area contributed by atoms with Crippen molar-refractivity contribution >= 4 is 11.8 Å². The Morgan fingerprint density at radius 1 is 1.32 bits per heavy atom. The van der Waals surface area contributed by atoms with Crippen molar-refractivity contribution in [1.82, 2.24) is 10.2 Å². The highest BCUT2D eigenvalue weighted by molar-refractivity contribution is 5.97. The van der Waals surface area contributed by atoms with E-state index in [1.54, 1.807) is 4.90 Å². The summed E-state index contributed by atoms with van der Waals surface area (Å²) in [7, 11) is 0. The monoisotopic (exact) mass is 260 g/mol. The summed E-state index contributed by atoms with van der Waals surface area (Å²) in [5, 5.41) is 2.80. The molecule has 2 rings (SSSR count). The Kier molecular flexibility index (Phi) is 4.20. The highest BCUT2D eigenvalue weighted by atomic mass is 16.2. The van der Waals surface area contributed by atoms with Crippen molar-refractivity contribution in [2.75, 3.05) is 13.1 Å². The van der Waals surface area contributed by atoms with Crippen LogP contribution < -0.4 is 5.32 Å². The quantitative estimate of drug-likeness (QED) is 0.900. The molecule has 1 aliphatic heterocycles. The zero-order valence-corrected chi connectivity index (χ0v) is 11.5. The number of hydrogen-bond donors (Lipinski definition) is 1. The Morgan fingerprint density at radius 2 is 2.00 bits per heavy atom. The molecule has 102 valence electrons. The number of amides is 2. The van der Waals surface area contributed by atoms with E-state index in [0.29, 0.717) is 18.7 Å². The first kappa shape index (κ1) is 13.6. The van der Waals surface area contributed by atoms with Crippen LogP contribution in [0.2, 0.25) is 0 Å². The SMILES string of the molecule is CCNC(=O)C1CCCN1C(=O)c1ccc(C)cc1. The Hall–Kier alpha value is -1.84. The molecule has 1 fully saturated rings. The average molecular weight is 260 g/mol. The van der Waals surface area contributed by atoms with E-state index in [-0.39, 0.29) is 17.9 Å². The Bertz CT molecular complexity index is 468. The van der Waals surface area contributed by atoms with Crippen LogP contribution in [-0.2, 0) is 4.79 Å². The summed E-state index contributed by atoms with van der Waals surface area (Å²) in [6, 6.07) is 7.18. The van der Waals surface area contributed by atoms with Gasteiger partial charge in [0.2, 0.25) is 5.91 Å². The van der Waals surface area contributed by atoms with Crippen LogP contribution in [0.5, 0.6) is 0 Å². The summed E-state index contributed by atoms with van der Waals surface area (Å²) >= 11 is 0. The average Bonchev–Trinajstić information content (AvgIpc) is 2.88. The molecule has 0 spiro atoms. The first-order valence-electron chi connectivity index (χ1n) is 6.79. The maximum absolute atomic E-state index is 12.4. The minimum absolute atomic E-state index is 0.0412. The molecule has 0 radical (unpaired) electrons. The van der Waals surface area contributed by atoms with E-state index in [0.717, 1.165) is 18.4 Å². The number of aryl methyl sites for hydroxylation is 1. The molecule has 19 heavy (non-hydrogen) atoms. The number of nitrogens with one attached hydrogen (secondary N) is 1. The number of nitrogens with zero attached hydrogens (tertiary/aromatic N) is 1. The van der Waals surface area contributed by atoms with Crippen LogP contribution >= 0.6 is 0 Å². The van der Waals surface area contributed by atoms with Crippen LogP contribution in [0.1, 0.15) is 35.7 Å². The second kappa shape index (κ2) is 5.87. The van der Waals surface area contributed by atoms with Gasteiger partial charge in [-0.15, -0.1) is 0 Å². The molecular weight excluding hydrogens is 240 g/mol. The molecule has 4 nitrogen and oxygen atoms in total. The maximum atomic E-state index is 12.4. The minimum Gasteiger partial charge on any atom is -0.355 e. The van der Waals surface area contributed by atoms with Gasteiger partial charge in [-0.1, -0.05) is 17.7 Å². The van der Waals surface area contributed by atoms with Gasteiger partial charge in [-0.3, -0.25) is 9.59 Å². The highest BCUT2D eigenvalue weighted by Gasteiger charge is 2.34. The van der Waals surface area contributed by atoms with Crippen molar-refractivity contribution in [2.24, 2.45) is 0 Å². The zero-order valence-electron chi connectivity index (χ0n) is 11.5. The topological polar surface area (TPSA) is 49.4 Å². The second-order valence-electron chi connectivity index (χ2n) is 4.92. The number of carbonyl (C=O) groups is 2. The molecule has 1 aliphatic rings. The molecule has 1 aromatic carbocycles.